The van der Waals surface area contributed by atoms with Crippen LogP contribution in [0.15, 0.2) is 11.4 Å². The number of nitrogens with one attached hydrogen (secondary N) is 2. The minimum absolute atomic E-state index is 0.0152. The van der Waals surface area contributed by atoms with Crippen LogP contribution in [0.5, 0.6) is 0 Å². The van der Waals surface area contributed by atoms with Gasteiger partial charge in [-0.3, -0.25) is 15.1 Å². The summed E-state index contributed by atoms with van der Waals surface area (Å²) in [7, 11) is 0. The minimum Gasteiger partial charge on any atom is -0.444 e. The summed E-state index contributed by atoms with van der Waals surface area (Å²) in [5.41, 5.74) is 5.64. The molecule has 1 spiro atoms. The number of nitrogen functional groups attached to an aromatic ring is 1. The molecule has 1 atom stereocenters. The maximum absolute atomic E-state index is 12.7. The van der Waals surface area contributed by atoms with E-state index >= 15 is 0 Å². The van der Waals surface area contributed by atoms with E-state index in [-0.39, 0.29) is 17.2 Å². The Labute approximate surface area is 157 Å². The predicted octanol–water partition coefficient (Wildman–Crippen LogP) is 2.44. The molecule has 1 aromatic heterocycles. The fourth-order valence-electron chi connectivity index (χ4n) is 3.25. The van der Waals surface area contributed by atoms with E-state index < -0.39 is 17.7 Å². The van der Waals surface area contributed by atoms with Gasteiger partial charge in [0, 0.05) is 22.4 Å². The average Bonchev–Trinajstić information content (AvgIpc) is 2.96. The summed E-state index contributed by atoms with van der Waals surface area (Å²) >= 11 is 1.45. The Morgan fingerprint density at radius 1 is 1.46 bits per heavy atom. The number of nitrogens with two attached hydrogens (primary N) is 1. The Balaban J connectivity index is 1.63. The summed E-state index contributed by atoms with van der Waals surface area (Å²) in [6, 6.07) is 1.32. The summed E-state index contributed by atoms with van der Waals surface area (Å²) in [5, 5.41) is 12.2. The van der Waals surface area contributed by atoms with Crippen molar-refractivity contribution in [2.24, 2.45) is 11.1 Å². The zero-order chi connectivity index (χ0) is 19.1. The summed E-state index contributed by atoms with van der Waals surface area (Å²) in [6.07, 6.45) is 2.39. The quantitative estimate of drug-likeness (QED) is 0.552. The van der Waals surface area contributed by atoms with Crippen molar-refractivity contribution in [3.8, 4) is 0 Å². The number of rotatable bonds is 4. The number of hydrogen-bond acceptors (Lipinski definition) is 5. The second-order valence-corrected chi connectivity index (χ2v) is 9.26. The van der Waals surface area contributed by atoms with Crippen molar-refractivity contribution in [2.75, 3.05) is 6.54 Å². The molecule has 0 radical (unpaired) electrons. The normalized spacial score (nSPS) is 20.9. The summed E-state index contributed by atoms with van der Waals surface area (Å²) in [6.45, 7) is 6.43. The van der Waals surface area contributed by atoms with Gasteiger partial charge in [-0.1, -0.05) is 0 Å². The van der Waals surface area contributed by atoms with Crippen LogP contribution in [0.2, 0.25) is 0 Å². The van der Waals surface area contributed by atoms with Crippen LogP contribution in [0.4, 0.5) is 4.79 Å². The molecule has 142 valence electrons. The van der Waals surface area contributed by atoms with Gasteiger partial charge in [0.05, 0.1) is 6.54 Å². The molecule has 7 nitrogen and oxygen atoms in total. The van der Waals surface area contributed by atoms with E-state index in [1.54, 1.807) is 16.3 Å². The fourth-order valence-corrected chi connectivity index (χ4v) is 4.07. The smallest absolute Gasteiger partial charge is 0.410 e. The molecule has 1 aromatic rings. The van der Waals surface area contributed by atoms with Gasteiger partial charge < -0.3 is 15.8 Å². The summed E-state index contributed by atoms with van der Waals surface area (Å²) in [5.74, 6) is -0.140. The summed E-state index contributed by atoms with van der Waals surface area (Å²) < 4.78 is 5.49. The average molecular weight is 378 g/mol. The van der Waals surface area contributed by atoms with E-state index in [1.807, 2.05) is 20.8 Å². The van der Waals surface area contributed by atoms with Crippen LogP contribution in [0, 0.1) is 10.8 Å². The van der Waals surface area contributed by atoms with E-state index in [0.29, 0.717) is 25.1 Å². The molecule has 1 saturated heterocycles. The highest BCUT2D eigenvalue weighted by Crippen LogP contribution is 2.55. The van der Waals surface area contributed by atoms with Gasteiger partial charge in [-0.25, -0.2) is 4.79 Å². The first-order valence-corrected chi connectivity index (χ1v) is 9.66. The zero-order valence-electron chi connectivity index (χ0n) is 15.4. The number of nitrogens with zero attached hydrogens (tertiary/aromatic N) is 1. The number of hydrogen-bond donors (Lipinski definition) is 3. The molecule has 8 heteroatoms. The van der Waals surface area contributed by atoms with Gasteiger partial charge in [0.25, 0.3) is 0 Å². The van der Waals surface area contributed by atoms with Crippen LogP contribution < -0.4 is 11.1 Å². The molecule has 1 aliphatic heterocycles. The number of amidine groups is 1. The van der Waals surface area contributed by atoms with Crippen molar-refractivity contribution in [3.05, 3.63) is 21.9 Å². The molecule has 3 rings (SSSR count). The SMILES string of the molecule is CC(C)(C)OC(=O)N1CC2(CC2)C[C@H]1C(=O)NCc1cc(C(=N)N)cs1. The first kappa shape index (κ1) is 18.7. The van der Waals surface area contributed by atoms with E-state index in [4.69, 9.17) is 15.9 Å². The Bertz CT molecular complexity index is 733. The lowest BCUT2D eigenvalue weighted by Gasteiger charge is -2.28. The van der Waals surface area contributed by atoms with E-state index in [1.165, 1.54) is 11.3 Å². The number of ether oxygens (including phenoxy) is 1. The number of likely N-dealkylation sites (tertiary alicyclic amines) is 1. The lowest BCUT2D eigenvalue weighted by Crippen LogP contribution is -2.47. The molecule has 0 unspecified atom stereocenters. The number of thiophene rings is 1. The molecule has 4 N–H and O–H groups in total. The van der Waals surface area contributed by atoms with Gasteiger partial charge in [-0.05, 0) is 51.5 Å². The van der Waals surface area contributed by atoms with Gasteiger partial charge in [-0.2, -0.15) is 0 Å². The molecule has 0 bridgehead atoms. The van der Waals surface area contributed by atoms with Gasteiger partial charge >= 0.3 is 6.09 Å². The Kier molecular flexibility index (Phi) is 4.72. The van der Waals surface area contributed by atoms with Crippen LogP contribution >= 0.6 is 11.3 Å². The van der Waals surface area contributed by atoms with Crippen molar-refractivity contribution in [3.63, 3.8) is 0 Å². The predicted molar refractivity (Wildman–Crippen MR) is 100 cm³/mol. The molecule has 26 heavy (non-hydrogen) atoms. The Hall–Kier alpha value is -2.09. The van der Waals surface area contributed by atoms with E-state index in [0.717, 1.165) is 17.7 Å². The summed E-state index contributed by atoms with van der Waals surface area (Å²) in [4.78, 5) is 27.8. The molecule has 2 aliphatic rings. The van der Waals surface area contributed by atoms with Crippen LogP contribution in [0.3, 0.4) is 0 Å². The van der Waals surface area contributed by atoms with Crippen molar-refractivity contribution in [2.45, 2.75) is 58.2 Å². The second kappa shape index (κ2) is 6.57. The van der Waals surface area contributed by atoms with Crippen LogP contribution in [0.25, 0.3) is 0 Å². The Morgan fingerprint density at radius 2 is 2.15 bits per heavy atom. The van der Waals surface area contributed by atoms with Crippen molar-refractivity contribution < 1.29 is 14.3 Å². The first-order valence-electron chi connectivity index (χ1n) is 8.78. The van der Waals surface area contributed by atoms with Gasteiger partial charge in [0.15, 0.2) is 0 Å². The van der Waals surface area contributed by atoms with Gasteiger partial charge in [0.1, 0.15) is 17.5 Å². The highest BCUT2D eigenvalue weighted by molar-refractivity contribution is 7.10. The number of amides is 2. The molecular weight excluding hydrogens is 352 g/mol. The second-order valence-electron chi connectivity index (χ2n) is 8.26. The topological polar surface area (TPSA) is 109 Å². The minimum atomic E-state index is -0.586. The third kappa shape index (κ3) is 4.17. The van der Waals surface area contributed by atoms with Gasteiger partial charge in [-0.15, -0.1) is 11.3 Å². The molecule has 2 amide bonds. The third-order valence-corrected chi connectivity index (χ3v) is 5.73. The molecule has 2 heterocycles. The molecule has 0 aromatic carbocycles. The van der Waals surface area contributed by atoms with Crippen molar-refractivity contribution in [1.82, 2.24) is 10.2 Å². The number of carbonyl (C=O) groups is 2. The molecular formula is C18H26N4O3S. The Morgan fingerprint density at radius 3 is 2.69 bits per heavy atom. The third-order valence-electron chi connectivity index (χ3n) is 4.80. The monoisotopic (exact) mass is 378 g/mol. The van der Waals surface area contributed by atoms with Crippen LogP contribution in [-0.4, -0.2) is 40.9 Å². The van der Waals surface area contributed by atoms with Crippen LogP contribution in [-0.2, 0) is 16.1 Å². The maximum atomic E-state index is 12.7. The lowest BCUT2D eigenvalue weighted by molar-refractivity contribution is -0.125. The lowest BCUT2D eigenvalue weighted by atomic mass is 10.0. The zero-order valence-corrected chi connectivity index (χ0v) is 16.2. The molecule has 2 fully saturated rings. The molecule has 1 aliphatic carbocycles. The maximum Gasteiger partial charge on any atom is 0.410 e. The van der Waals surface area contributed by atoms with E-state index in [2.05, 4.69) is 5.32 Å². The highest BCUT2D eigenvalue weighted by Gasteiger charge is 2.55. The van der Waals surface area contributed by atoms with E-state index in [9.17, 15) is 9.59 Å². The van der Waals surface area contributed by atoms with Gasteiger partial charge in [0.2, 0.25) is 5.91 Å². The standard InChI is InChI=1S/C18H26N4O3S/c1-17(2,3)25-16(24)22-10-18(4-5-18)7-13(22)15(23)21-8-12-6-11(9-26-12)14(19)20/h6,9,13H,4-5,7-8,10H2,1-3H3,(H3,19,20)(H,21,23)/t13-/m0/s1. The highest BCUT2D eigenvalue weighted by atomic mass is 32.1. The number of carbonyl (C=O) groups excluding carboxylic acids is 2. The first-order chi connectivity index (χ1) is 12.1. The fraction of sp³-hybridized carbons (Fsp3) is 0.611. The van der Waals surface area contributed by atoms with Crippen molar-refractivity contribution in [1.29, 1.82) is 5.41 Å². The molecule has 1 saturated carbocycles. The largest absolute Gasteiger partial charge is 0.444 e. The van der Waals surface area contributed by atoms with Crippen LogP contribution in [0.1, 0.15) is 50.5 Å². The van der Waals surface area contributed by atoms with Crippen molar-refractivity contribution >= 4 is 29.2 Å².